The molecule has 2 aliphatic rings. The zero-order valence-corrected chi connectivity index (χ0v) is 16.1. The quantitative estimate of drug-likeness (QED) is 0.900. The van der Waals surface area contributed by atoms with Crippen LogP contribution in [0, 0.1) is 18.8 Å². The van der Waals surface area contributed by atoms with Gasteiger partial charge in [-0.05, 0) is 45.7 Å². The standard InChI is InChI=1S/C21H27N3O3/c1-13-19(20(22-27-13)14-7-5-4-6-8-14)21(26)24-11-15-9-17(23(2)3)18(25)10-16(15)12-24/h4-8,15-18,25H,9-12H2,1-3H3/t15-,16+,17-,18-/m1/s1. The van der Waals surface area contributed by atoms with Crippen LogP contribution in [0.1, 0.15) is 29.0 Å². The van der Waals surface area contributed by atoms with E-state index < -0.39 is 0 Å². The first-order chi connectivity index (χ1) is 13.0. The van der Waals surface area contributed by atoms with Gasteiger partial charge in [0, 0.05) is 24.7 Å². The Kier molecular flexibility index (Phi) is 4.78. The fourth-order valence-corrected chi connectivity index (χ4v) is 4.70. The van der Waals surface area contributed by atoms with E-state index in [1.54, 1.807) is 6.92 Å². The Morgan fingerprint density at radius 3 is 2.52 bits per heavy atom. The van der Waals surface area contributed by atoms with Crippen molar-refractivity contribution in [3.63, 3.8) is 0 Å². The van der Waals surface area contributed by atoms with Crippen LogP contribution < -0.4 is 0 Å². The Hall–Kier alpha value is -2.18. The first-order valence-corrected chi connectivity index (χ1v) is 9.61. The summed E-state index contributed by atoms with van der Waals surface area (Å²) in [6.07, 6.45) is 1.36. The number of likely N-dealkylation sites (N-methyl/N-ethyl adjacent to an activating group) is 1. The lowest BCUT2D eigenvalue weighted by Crippen LogP contribution is -2.46. The molecule has 4 rings (SSSR count). The summed E-state index contributed by atoms with van der Waals surface area (Å²) < 4.78 is 5.37. The summed E-state index contributed by atoms with van der Waals surface area (Å²) in [4.78, 5) is 17.3. The van der Waals surface area contributed by atoms with Crippen molar-refractivity contribution in [2.75, 3.05) is 27.2 Å². The SMILES string of the molecule is Cc1onc(-c2ccccc2)c1C(=O)N1C[C@H]2C[C@@H](N(C)C)[C@H](O)C[C@H]2C1. The number of carbonyl (C=O) groups is 1. The summed E-state index contributed by atoms with van der Waals surface area (Å²) in [7, 11) is 4.03. The number of amides is 1. The fourth-order valence-electron chi connectivity index (χ4n) is 4.70. The monoisotopic (exact) mass is 369 g/mol. The summed E-state index contributed by atoms with van der Waals surface area (Å²) in [5.41, 5.74) is 2.06. The van der Waals surface area contributed by atoms with Gasteiger partial charge in [-0.3, -0.25) is 4.79 Å². The predicted molar refractivity (Wildman–Crippen MR) is 102 cm³/mol. The molecule has 1 saturated carbocycles. The molecule has 27 heavy (non-hydrogen) atoms. The van der Waals surface area contributed by atoms with Crippen molar-refractivity contribution in [3.8, 4) is 11.3 Å². The highest BCUT2D eigenvalue weighted by Crippen LogP contribution is 2.39. The highest BCUT2D eigenvalue weighted by Gasteiger charge is 2.44. The van der Waals surface area contributed by atoms with Crippen LogP contribution in [0.5, 0.6) is 0 Å². The highest BCUT2D eigenvalue weighted by molar-refractivity contribution is 6.00. The Morgan fingerprint density at radius 2 is 1.85 bits per heavy atom. The molecular weight excluding hydrogens is 342 g/mol. The van der Waals surface area contributed by atoms with Gasteiger partial charge < -0.3 is 19.4 Å². The predicted octanol–water partition coefficient (Wildman–Crippen LogP) is 2.42. The average molecular weight is 369 g/mol. The van der Waals surface area contributed by atoms with Gasteiger partial charge in [-0.2, -0.15) is 0 Å². The molecule has 1 N–H and O–H groups in total. The van der Waals surface area contributed by atoms with E-state index in [1.165, 1.54) is 0 Å². The summed E-state index contributed by atoms with van der Waals surface area (Å²) in [6, 6.07) is 9.85. The van der Waals surface area contributed by atoms with Crippen LogP contribution in [0.4, 0.5) is 0 Å². The third-order valence-corrected chi connectivity index (χ3v) is 6.18. The second kappa shape index (κ2) is 7.09. The molecule has 1 aliphatic heterocycles. The van der Waals surface area contributed by atoms with Gasteiger partial charge in [-0.1, -0.05) is 35.5 Å². The first-order valence-electron chi connectivity index (χ1n) is 9.61. The van der Waals surface area contributed by atoms with Gasteiger partial charge in [0.1, 0.15) is 17.0 Å². The molecule has 2 aromatic rings. The van der Waals surface area contributed by atoms with E-state index >= 15 is 0 Å². The van der Waals surface area contributed by atoms with Crippen molar-refractivity contribution >= 4 is 5.91 Å². The molecule has 0 bridgehead atoms. The second-order valence-electron chi connectivity index (χ2n) is 8.13. The molecule has 0 unspecified atom stereocenters. The van der Waals surface area contributed by atoms with E-state index in [2.05, 4.69) is 10.1 Å². The van der Waals surface area contributed by atoms with E-state index in [9.17, 15) is 9.90 Å². The Labute approximate surface area is 159 Å². The fraction of sp³-hybridized carbons (Fsp3) is 0.524. The molecule has 1 aromatic heterocycles. The summed E-state index contributed by atoms with van der Waals surface area (Å²) >= 11 is 0. The number of hydrogen-bond acceptors (Lipinski definition) is 5. The van der Waals surface area contributed by atoms with Gasteiger partial charge in [0.25, 0.3) is 5.91 Å². The lowest BCUT2D eigenvalue weighted by molar-refractivity contribution is 0.00940. The zero-order valence-electron chi connectivity index (χ0n) is 16.1. The van der Waals surface area contributed by atoms with Crippen molar-refractivity contribution in [2.24, 2.45) is 11.8 Å². The third-order valence-electron chi connectivity index (χ3n) is 6.18. The average Bonchev–Trinajstić information content (AvgIpc) is 3.24. The van der Waals surface area contributed by atoms with Gasteiger partial charge in [0.15, 0.2) is 0 Å². The maximum Gasteiger partial charge on any atom is 0.259 e. The van der Waals surface area contributed by atoms with Crippen molar-refractivity contribution in [1.29, 1.82) is 0 Å². The number of hydrogen-bond donors (Lipinski definition) is 1. The molecule has 1 aromatic carbocycles. The van der Waals surface area contributed by atoms with Crippen molar-refractivity contribution in [3.05, 3.63) is 41.7 Å². The van der Waals surface area contributed by atoms with Crippen molar-refractivity contribution in [1.82, 2.24) is 15.0 Å². The van der Waals surface area contributed by atoms with Gasteiger partial charge in [-0.15, -0.1) is 0 Å². The minimum atomic E-state index is -0.325. The number of aromatic nitrogens is 1. The van der Waals surface area contributed by atoms with Crippen LogP contribution in [0.2, 0.25) is 0 Å². The number of fused-ring (bicyclic) bond motifs is 1. The van der Waals surface area contributed by atoms with Crippen LogP contribution in [0.15, 0.2) is 34.9 Å². The molecule has 2 fully saturated rings. The largest absolute Gasteiger partial charge is 0.391 e. The van der Waals surface area contributed by atoms with E-state index in [-0.39, 0.29) is 18.1 Å². The van der Waals surface area contributed by atoms with E-state index in [0.717, 1.165) is 24.9 Å². The van der Waals surface area contributed by atoms with Crippen molar-refractivity contribution < 1.29 is 14.4 Å². The Morgan fingerprint density at radius 1 is 1.19 bits per heavy atom. The Bertz CT molecular complexity index is 817. The van der Waals surface area contributed by atoms with Crippen LogP contribution >= 0.6 is 0 Å². The number of nitrogens with zero attached hydrogens (tertiary/aromatic N) is 3. The van der Waals surface area contributed by atoms with E-state index in [4.69, 9.17) is 4.52 Å². The number of aliphatic hydroxyl groups is 1. The van der Waals surface area contributed by atoms with Gasteiger partial charge in [0.05, 0.1) is 6.10 Å². The molecule has 1 aliphatic carbocycles. The van der Waals surface area contributed by atoms with Crippen LogP contribution in [-0.4, -0.2) is 65.3 Å². The normalized spacial score (nSPS) is 27.8. The molecule has 1 amide bonds. The third kappa shape index (κ3) is 3.28. The maximum absolute atomic E-state index is 13.3. The number of benzene rings is 1. The molecule has 0 radical (unpaired) electrons. The summed E-state index contributed by atoms with van der Waals surface area (Å²) in [5.74, 6) is 1.34. The van der Waals surface area contributed by atoms with E-state index in [1.807, 2.05) is 49.3 Å². The van der Waals surface area contributed by atoms with E-state index in [0.29, 0.717) is 35.4 Å². The van der Waals surface area contributed by atoms with Gasteiger partial charge in [-0.25, -0.2) is 0 Å². The summed E-state index contributed by atoms with van der Waals surface area (Å²) in [6.45, 7) is 3.22. The molecule has 144 valence electrons. The zero-order chi connectivity index (χ0) is 19.1. The second-order valence-corrected chi connectivity index (χ2v) is 8.13. The molecule has 1 saturated heterocycles. The van der Waals surface area contributed by atoms with Crippen molar-refractivity contribution in [2.45, 2.75) is 31.9 Å². The molecular formula is C21H27N3O3. The highest BCUT2D eigenvalue weighted by atomic mass is 16.5. The first kappa shape index (κ1) is 18.2. The lowest BCUT2D eigenvalue weighted by Gasteiger charge is -2.38. The number of carbonyl (C=O) groups excluding carboxylic acids is 1. The number of aryl methyl sites for hydroxylation is 1. The molecule has 4 atom stereocenters. The maximum atomic E-state index is 13.3. The van der Waals surface area contributed by atoms with Crippen LogP contribution in [-0.2, 0) is 0 Å². The van der Waals surface area contributed by atoms with Crippen LogP contribution in [0.25, 0.3) is 11.3 Å². The van der Waals surface area contributed by atoms with Crippen LogP contribution in [0.3, 0.4) is 0 Å². The lowest BCUT2D eigenvalue weighted by atomic mass is 9.77. The molecule has 2 heterocycles. The smallest absolute Gasteiger partial charge is 0.259 e. The molecule has 6 heteroatoms. The van der Waals surface area contributed by atoms with Gasteiger partial charge in [0.2, 0.25) is 0 Å². The summed E-state index contributed by atoms with van der Waals surface area (Å²) in [5, 5.41) is 14.6. The Balaban J connectivity index is 1.56. The van der Waals surface area contributed by atoms with Gasteiger partial charge >= 0.3 is 0 Å². The molecule has 6 nitrogen and oxygen atoms in total. The minimum Gasteiger partial charge on any atom is -0.391 e. The number of aliphatic hydroxyl groups excluding tert-OH is 1. The molecule has 0 spiro atoms. The number of rotatable bonds is 3. The number of likely N-dealkylation sites (tertiary alicyclic amines) is 1. The topological polar surface area (TPSA) is 69.8 Å². The minimum absolute atomic E-state index is 0.0158.